The van der Waals surface area contributed by atoms with Crippen LogP contribution in [0.25, 0.3) is 16.2 Å². The summed E-state index contributed by atoms with van der Waals surface area (Å²) in [6, 6.07) is 7.66. The fraction of sp³-hybridized carbons (Fsp3) is 0.0833. The predicted octanol–water partition coefficient (Wildman–Crippen LogP) is 1.99. The van der Waals surface area contributed by atoms with Crippen molar-refractivity contribution in [1.29, 1.82) is 5.26 Å². The van der Waals surface area contributed by atoms with E-state index in [0.29, 0.717) is 15.7 Å². The van der Waals surface area contributed by atoms with Gasteiger partial charge in [-0.15, -0.1) is 5.10 Å². The fourth-order valence-corrected chi connectivity index (χ4v) is 4.00. The van der Waals surface area contributed by atoms with E-state index >= 15 is 0 Å². The monoisotopic (exact) mass is 351 g/mol. The number of nitrogens with two attached hydrogens (primary N) is 1. The van der Waals surface area contributed by atoms with E-state index in [2.05, 4.69) is 10.1 Å². The lowest BCUT2D eigenvalue weighted by molar-refractivity contribution is 0.594. The molecule has 10 heteroatoms. The van der Waals surface area contributed by atoms with Gasteiger partial charge in [-0.3, -0.25) is 0 Å². The van der Waals surface area contributed by atoms with E-state index in [1.54, 1.807) is 0 Å². The van der Waals surface area contributed by atoms with E-state index in [9.17, 15) is 8.42 Å². The number of imidazole rings is 1. The number of aromatic nitrogens is 3. The van der Waals surface area contributed by atoms with E-state index in [0.717, 1.165) is 34.2 Å². The van der Waals surface area contributed by atoms with Gasteiger partial charge in [0.15, 0.2) is 0 Å². The van der Waals surface area contributed by atoms with Crippen LogP contribution in [-0.2, 0) is 10.0 Å². The highest BCUT2D eigenvalue weighted by molar-refractivity contribution is 8.03. The summed E-state index contributed by atoms with van der Waals surface area (Å²) in [7, 11) is -3.89. The molecule has 2 N–H and O–H groups in total. The number of primary sulfonamides is 1. The summed E-state index contributed by atoms with van der Waals surface area (Å²) in [5.41, 5.74) is 2.53. The number of rotatable bonds is 3. The van der Waals surface area contributed by atoms with Gasteiger partial charge in [0.2, 0.25) is 9.30 Å². The SMILES string of the molecule is Cc1ccc(-c2nc3sc(S(N)(=O)=O)nn3c2SC#N)cc1. The molecule has 0 spiro atoms. The topological polar surface area (TPSA) is 114 Å². The molecule has 0 unspecified atom stereocenters. The second kappa shape index (κ2) is 5.36. The molecule has 0 fully saturated rings. The Kier molecular flexibility index (Phi) is 3.65. The van der Waals surface area contributed by atoms with Crippen LogP contribution in [0.5, 0.6) is 0 Å². The molecule has 3 rings (SSSR count). The van der Waals surface area contributed by atoms with Crippen molar-refractivity contribution in [3.63, 3.8) is 0 Å². The number of hydrogen-bond donors (Lipinski definition) is 1. The highest BCUT2D eigenvalue weighted by atomic mass is 32.2. The highest BCUT2D eigenvalue weighted by Crippen LogP contribution is 2.33. The lowest BCUT2D eigenvalue weighted by Gasteiger charge is -2.00. The molecule has 22 heavy (non-hydrogen) atoms. The third-order valence-electron chi connectivity index (χ3n) is 2.85. The molecule has 7 nitrogen and oxygen atoms in total. The molecule has 0 saturated heterocycles. The molecule has 0 aliphatic heterocycles. The minimum absolute atomic E-state index is 0.231. The second-order valence-electron chi connectivity index (χ2n) is 4.43. The van der Waals surface area contributed by atoms with E-state index in [-0.39, 0.29) is 4.34 Å². The third kappa shape index (κ3) is 2.59. The first-order chi connectivity index (χ1) is 10.4. The van der Waals surface area contributed by atoms with Crippen LogP contribution < -0.4 is 5.14 Å². The molecule has 3 aromatic rings. The lowest BCUT2D eigenvalue weighted by Crippen LogP contribution is -2.12. The number of benzene rings is 1. The fourth-order valence-electron chi connectivity index (χ4n) is 1.86. The maximum atomic E-state index is 11.4. The van der Waals surface area contributed by atoms with E-state index < -0.39 is 10.0 Å². The zero-order chi connectivity index (χ0) is 15.9. The van der Waals surface area contributed by atoms with Crippen LogP contribution >= 0.6 is 23.1 Å². The van der Waals surface area contributed by atoms with Gasteiger partial charge in [0, 0.05) is 17.3 Å². The summed E-state index contributed by atoms with van der Waals surface area (Å²) in [6.45, 7) is 1.97. The van der Waals surface area contributed by atoms with Crippen molar-refractivity contribution in [2.24, 2.45) is 5.14 Å². The zero-order valence-electron chi connectivity index (χ0n) is 11.2. The average Bonchev–Trinajstić information content (AvgIpc) is 2.99. The van der Waals surface area contributed by atoms with Crippen molar-refractivity contribution < 1.29 is 8.42 Å². The Morgan fingerprint density at radius 1 is 1.36 bits per heavy atom. The van der Waals surface area contributed by atoms with E-state index in [1.165, 1.54) is 4.52 Å². The van der Waals surface area contributed by atoms with E-state index in [1.807, 2.05) is 36.6 Å². The second-order valence-corrected chi connectivity index (χ2v) is 7.90. The van der Waals surface area contributed by atoms with Crippen LogP contribution in [0, 0.1) is 17.6 Å². The van der Waals surface area contributed by atoms with Gasteiger partial charge >= 0.3 is 0 Å². The molecule has 0 atom stereocenters. The van der Waals surface area contributed by atoms with Gasteiger partial charge in [-0.2, -0.15) is 9.78 Å². The first-order valence-corrected chi connectivity index (χ1v) is 9.13. The van der Waals surface area contributed by atoms with Gasteiger partial charge in [0.05, 0.1) is 0 Å². The van der Waals surface area contributed by atoms with Gasteiger partial charge in [-0.05, 0) is 6.92 Å². The average molecular weight is 351 g/mol. The number of thiocyanates is 1. The Morgan fingerprint density at radius 2 is 2.05 bits per heavy atom. The molecule has 1 aromatic carbocycles. The molecule has 2 heterocycles. The van der Waals surface area contributed by atoms with Gasteiger partial charge < -0.3 is 0 Å². The number of thioether (sulfide) groups is 1. The Labute approximate surface area is 134 Å². The largest absolute Gasteiger partial charge is 0.267 e. The first-order valence-electron chi connectivity index (χ1n) is 5.95. The van der Waals surface area contributed by atoms with Gasteiger partial charge in [-0.25, -0.2) is 18.5 Å². The molecular weight excluding hydrogens is 342 g/mol. The Morgan fingerprint density at radius 3 is 2.64 bits per heavy atom. The first kappa shape index (κ1) is 15.0. The molecule has 112 valence electrons. The Bertz CT molecular complexity index is 996. The maximum Gasteiger partial charge on any atom is 0.267 e. The van der Waals surface area contributed by atoms with Crippen LogP contribution in [0.3, 0.4) is 0 Å². The third-order valence-corrected chi connectivity index (χ3v) is 5.72. The number of hydrogen-bond acceptors (Lipinski definition) is 7. The summed E-state index contributed by atoms with van der Waals surface area (Å²) < 4.78 is 23.9. The molecule has 2 aromatic heterocycles. The number of sulfonamides is 1. The van der Waals surface area contributed by atoms with Crippen molar-refractivity contribution in [1.82, 2.24) is 14.6 Å². The quantitative estimate of drug-likeness (QED) is 0.570. The number of fused-ring (bicyclic) bond motifs is 1. The van der Waals surface area contributed by atoms with Gasteiger partial charge in [0.1, 0.15) is 16.1 Å². The summed E-state index contributed by atoms with van der Waals surface area (Å²) in [6.07, 6.45) is 0. The van der Waals surface area contributed by atoms with Crippen LogP contribution in [-0.4, -0.2) is 23.0 Å². The minimum atomic E-state index is -3.89. The summed E-state index contributed by atoms with van der Waals surface area (Å²) in [5.74, 6) is 0. The smallest absolute Gasteiger partial charge is 0.223 e. The van der Waals surface area contributed by atoms with Crippen molar-refractivity contribution in [3.8, 4) is 16.7 Å². The summed E-state index contributed by atoms with van der Waals surface area (Å²) in [4.78, 5) is 4.76. The van der Waals surface area contributed by atoms with Crippen molar-refractivity contribution in [2.45, 2.75) is 16.3 Å². The molecule has 0 radical (unpaired) electrons. The van der Waals surface area contributed by atoms with Crippen LogP contribution in [0.2, 0.25) is 0 Å². The molecule has 0 saturated carbocycles. The highest BCUT2D eigenvalue weighted by Gasteiger charge is 2.22. The predicted molar refractivity (Wildman–Crippen MR) is 83.9 cm³/mol. The minimum Gasteiger partial charge on any atom is -0.223 e. The van der Waals surface area contributed by atoms with Gasteiger partial charge in [0.25, 0.3) is 10.0 Å². The van der Waals surface area contributed by atoms with Crippen molar-refractivity contribution in [2.75, 3.05) is 0 Å². The summed E-state index contributed by atoms with van der Waals surface area (Å²) >= 11 is 1.74. The standard InChI is InChI=1S/C12H9N5O2S3/c1-7-2-4-8(5-3-7)9-10(20-6-13)17-11(15-9)21-12(16-17)22(14,18)19/h2-5H,1H3,(H2,14,18,19). The Hall–Kier alpha value is -1.93. The number of aryl methyl sites for hydroxylation is 1. The molecule has 0 bridgehead atoms. The van der Waals surface area contributed by atoms with Crippen molar-refractivity contribution >= 4 is 38.1 Å². The maximum absolute atomic E-state index is 11.4. The molecule has 0 aliphatic rings. The zero-order valence-corrected chi connectivity index (χ0v) is 13.7. The lowest BCUT2D eigenvalue weighted by atomic mass is 10.1. The molecule has 0 aliphatic carbocycles. The molecule has 0 amide bonds. The van der Waals surface area contributed by atoms with Crippen LogP contribution in [0.1, 0.15) is 5.56 Å². The van der Waals surface area contributed by atoms with Gasteiger partial charge in [-0.1, -0.05) is 41.2 Å². The number of nitrogens with zero attached hydrogens (tertiary/aromatic N) is 4. The normalized spacial score (nSPS) is 11.7. The van der Waals surface area contributed by atoms with Crippen LogP contribution in [0.15, 0.2) is 33.6 Å². The Balaban J connectivity index is 2.23. The molecular formula is C12H9N5O2S3. The van der Waals surface area contributed by atoms with Crippen LogP contribution in [0.4, 0.5) is 0 Å². The van der Waals surface area contributed by atoms with E-state index in [4.69, 9.17) is 10.4 Å². The number of nitriles is 1. The van der Waals surface area contributed by atoms with Crippen molar-refractivity contribution in [3.05, 3.63) is 29.8 Å². The summed E-state index contributed by atoms with van der Waals surface area (Å²) in [5, 5.41) is 20.5.